The number of piperazine rings is 1. The van der Waals surface area contributed by atoms with Gasteiger partial charge in [0, 0.05) is 60.7 Å². The van der Waals surface area contributed by atoms with Gasteiger partial charge < -0.3 is 14.6 Å². The second-order valence-electron chi connectivity index (χ2n) is 7.77. The van der Waals surface area contributed by atoms with E-state index in [1.165, 1.54) is 21.8 Å². The molecule has 29 heavy (non-hydrogen) atoms. The lowest BCUT2D eigenvalue weighted by molar-refractivity contribution is 0.0968. The van der Waals surface area contributed by atoms with Gasteiger partial charge >= 0.3 is 0 Å². The third kappa shape index (κ3) is 3.59. The number of hydrogen-bond donors (Lipinski definition) is 1. The Morgan fingerprint density at radius 2 is 1.38 bits per heavy atom. The number of pyridine rings is 1. The van der Waals surface area contributed by atoms with Crippen LogP contribution in [-0.2, 0) is 6.54 Å². The molecule has 2 aromatic heterocycles. The molecule has 0 spiro atoms. The number of nitrogens with zero attached hydrogens (tertiary/aromatic N) is 4. The van der Waals surface area contributed by atoms with Crippen molar-refractivity contribution in [2.75, 3.05) is 37.6 Å². The summed E-state index contributed by atoms with van der Waals surface area (Å²) in [6, 6.07) is 23.0. The second kappa shape index (κ2) is 7.85. The molecule has 0 unspecified atom stereocenters. The van der Waals surface area contributed by atoms with Crippen molar-refractivity contribution in [1.82, 2.24) is 14.5 Å². The molecule has 4 aromatic rings. The molecule has 0 saturated carbocycles. The van der Waals surface area contributed by atoms with E-state index in [0.29, 0.717) is 13.1 Å². The number of para-hydroxylation sites is 2. The molecule has 1 aliphatic heterocycles. The lowest BCUT2D eigenvalue weighted by Crippen LogP contribution is -2.49. The molecule has 5 heteroatoms. The summed E-state index contributed by atoms with van der Waals surface area (Å²) in [5.41, 5.74) is 2.38. The van der Waals surface area contributed by atoms with Gasteiger partial charge in [0.05, 0.1) is 12.6 Å². The number of benzene rings is 2. The first-order valence-corrected chi connectivity index (χ1v) is 10.3. The molecule has 2 aromatic carbocycles. The Morgan fingerprint density at radius 1 is 0.759 bits per heavy atom. The van der Waals surface area contributed by atoms with Gasteiger partial charge in [-0.15, -0.1) is 0 Å². The quantitative estimate of drug-likeness (QED) is 0.571. The van der Waals surface area contributed by atoms with Crippen molar-refractivity contribution in [2.45, 2.75) is 12.6 Å². The number of aliphatic hydroxyl groups is 1. The van der Waals surface area contributed by atoms with Crippen molar-refractivity contribution in [1.29, 1.82) is 0 Å². The zero-order valence-corrected chi connectivity index (χ0v) is 16.5. The number of fused-ring (bicyclic) bond motifs is 3. The first kappa shape index (κ1) is 18.2. The SMILES string of the molecule is O[C@H](CN1CCN(c2ccccn2)CC1)Cn1c2ccccc2c2ccccc21. The fourth-order valence-electron chi connectivity index (χ4n) is 4.47. The third-order valence-corrected chi connectivity index (χ3v) is 5.89. The topological polar surface area (TPSA) is 44.5 Å². The fourth-order valence-corrected chi connectivity index (χ4v) is 4.47. The zero-order valence-electron chi connectivity index (χ0n) is 16.5. The van der Waals surface area contributed by atoms with E-state index in [1.54, 1.807) is 0 Å². The largest absolute Gasteiger partial charge is 0.390 e. The number of anilines is 1. The minimum absolute atomic E-state index is 0.407. The summed E-state index contributed by atoms with van der Waals surface area (Å²) in [6.45, 7) is 5.07. The molecule has 1 atom stereocenters. The summed E-state index contributed by atoms with van der Waals surface area (Å²) < 4.78 is 2.26. The summed E-state index contributed by atoms with van der Waals surface area (Å²) in [5, 5.41) is 13.4. The van der Waals surface area contributed by atoms with Gasteiger partial charge in [-0.05, 0) is 24.3 Å². The molecule has 1 fully saturated rings. The van der Waals surface area contributed by atoms with E-state index in [9.17, 15) is 5.11 Å². The third-order valence-electron chi connectivity index (χ3n) is 5.89. The zero-order chi connectivity index (χ0) is 19.6. The van der Waals surface area contributed by atoms with E-state index in [2.05, 4.69) is 73.9 Å². The van der Waals surface area contributed by atoms with Crippen LogP contribution in [0.4, 0.5) is 5.82 Å². The van der Waals surface area contributed by atoms with Gasteiger partial charge in [-0.25, -0.2) is 4.98 Å². The van der Waals surface area contributed by atoms with Crippen LogP contribution >= 0.6 is 0 Å². The van der Waals surface area contributed by atoms with Gasteiger partial charge in [-0.2, -0.15) is 0 Å². The van der Waals surface area contributed by atoms with Crippen molar-refractivity contribution >= 4 is 27.6 Å². The van der Waals surface area contributed by atoms with Crippen molar-refractivity contribution in [3.63, 3.8) is 0 Å². The van der Waals surface area contributed by atoms with Crippen LogP contribution in [0, 0.1) is 0 Å². The Balaban J connectivity index is 1.27. The van der Waals surface area contributed by atoms with Crippen LogP contribution in [0.15, 0.2) is 72.9 Å². The molecule has 5 nitrogen and oxygen atoms in total. The lowest BCUT2D eigenvalue weighted by Gasteiger charge is -2.36. The molecule has 0 aliphatic carbocycles. The van der Waals surface area contributed by atoms with E-state index in [-0.39, 0.29) is 0 Å². The summed E-state index contributed by atoms with van der Waals surface area (Å²) >= 11 is 0. The summed E-state index contributed by atoms with van der Waals surface area (Å²) in [6.07, 6.45) is 1.44. The van der Waals surface area contributed by atoms with E-state index < -0.39 is 6.10 Å². The molecule has 0 bridgehead atoms. The first-order valence-electron chi connectivity index (χ1n) is 10.3. The predicted molar refractivity (Wildman–Crippen MR) is 118 cm³/mol. The molecule has 1 N–H and O–H groups in total. The molecule has 1 aliphatic rings. The maximum Gasteiger partial charge on any atom is 0.128 e. The minimum Gasteiger partial charge on any atom is -0.390 e. The van der Waals surface area contributed by atoms with Gasteiger partial charge in [-0.3, -0.25) is 4.90 Å². The standard InChI is InChI=1S/C24H26N4O/c29-19(17-26-13-15-27(16-14-26)24-11-5-6-12-25-24)18-28-22-9-3-1-7-20(22)21-8-2-4-10-23(21)28/h1-12,19,29H,13-18H2/t19-/m1/s1. The number of hydrogen-bond acceptors (Lipinski definition) is 4. The van der Waals surface area contributed by atoms with Gasteiger partial charge in [0.1, 0.15) is 5.82 Å². The van der Waals surface area contributed by atoms with Crippen LogP contribution in [0.3, 0.4) is 0 Å². The molecule has 1 saturated heterocycles. The van der Waals surface area contributed by atoms with Gasteiger partial charge in [-0.1, -0.05) is 42.5 Å². The average molecular weight is 386 g/mol. The van der Waals surface area contributed by atoms with Crippen LogP contribution < -0.4 is 4.90 Å². The van der Waals surface area contributed by atoms with E-state index in [0.717, 1.165) is 32.0 Å². The Bertz CT molecular complexity index is 1050. The Kier molecular flexibility index (Phi) is 4.92. The highest BCUT2D eigenvalue weighted by molar-refractivity contribution is 6.07. The van der Waals surface area contributed by atoms with Gasteiger partial charge in [0.2, 0.25) is 0 Å². The molecule has 5 rings (SSSR count). The van der Waals surface area contributed by atoms with Crippen LogP contribution in [-0.4, -0.2) is 58.4 Å². The van der Waals surface area contributed by atoms with Crippen molar-refractivity contribution in [3.05, 3.63) is 72.9 Å². The summed E-state index contributed by atoms with van der Waals surface area (Å²) in [7, 11) is 0. The maximum atomic E-state index is 10.9. The van der Waals surface area contributed by atoms with Gasteiger partial charge in [0.15, 0.2) is 0 Å². The normalized spacial score (nSPS) is 16.5. The van der Waals surface area contributed by atoms with Crippen LogP contribution in [0.2, 0.25) is 0 Å². The maximum absolute atomic E-state index is 10.9. The molecule has 0 radical (unpaired) electrons. The van der Waals surface area contributed by atoms with Crippen LogP contribution in [0.25, 0.3) is 21.8 Å². The van der Waals surface area contributed by atoms with Crippen LogP contribution in [0.5, 0.6) is 0 Å². The Hall–Kier alpha value is -2.89. The van der Waals surface area contributed by atoms with E-state index in [4.69, 9.17) is 0 Å². The smallest absolute Gasteiger partial charge is 0.128 e. The monoisotopic (exact) mass is 386 g/mol. The first-order chi connectivity index (χ1) is 14.3. The summed E-state index contributed by atoms with van der Waals surface area (Å²) in [4.78, 5) is 9.13. The lowest BCUT2D eigenvalue weighted by atomic mass is 10.2. The van der Waals surface area contributed by atoms with Crippen LogP contribution in [0.1, 0.15) is 0 Å². The van der Waals surface area contributed by atoms with Crippen molar-refractivity contribution in [3.8, 4) is 0 Å². The predicted octanol–water partition coefficient (Wildman–Crippen LogP) is 3.37. The molecular formula is C24H26N4O. The Morgan fingerprint density at radius 3 is 2.00 bits per heavy atom. The van der Waals surface area contributed by atoms with Crippen molar-refractivity contribution < 1.29 is 5.11 Å². The Labute approximate surface area is 170 Å². The molecule has 148 valence electrons. The highest BCUT2D eigenvalue weighted by Gasteiger charge is 2.21. The molecular weight excluding hydrogens is 360 g/mol. The van der Waals surface area contributed by atoms with E-state index in [1.807, 2.05) is 18.3 Å². The molecule has 0 amide bonds. The highest BCUT2D eigenvalue weighted by atomic mass is 16.3. The van der Waals surface area contributed by atoms with E-state index >= 15 is 0 Å². The number of aliphatic hydroxyl groups excluding tert-OH is 1. The summed E-state index contributed by atoms with van der Waals surface area (Å²) in [5.74, 6) is 1.04. The average Bonchev–Trinajstić information content (AvgIpc) is 3.09. The second-order valence-corrected chi connectivity index (χ2v) is 7.77. The fraction of sp³-hybridized carbons (Fsp3) is 0.292. The number of β-amino-alcohol motifs (C(OH)–C–C–N with tert-alkyl or cyclic N) is 1. The molecule has 3 heterocycles. The highest BCUT2D eigenvalue weighted by Crippen LogP contribution is 2.29. The van der Waals surface area contributed by atoms with Crippen molar-refractivity contribution in [2.24, 2.45) is 0 Å². The minimum atomic E-state index is -0.407. The number of aromatic nitrogens is 2. The van der Waals surface area contributed by atoms with Gasteiger partial charge in [0.25, 0.3) is 0 Å². The number of rotatable bonds is 5.